The fourth-order valence-corrected chi connectivity index (χ4v) is 9.48. The highest BCUT2D eigenvalue weighted by atomic mass is 35.5. The Hall–Kier alpha value is -2.99. The van der Waals surface area contributed by atoms with E-state index in [-0.39, 0.29) is 27.9 Å². The van der Waals surface area contributed by atoms with Gasteiger partial charge in [0.15, 0.2) is 5.82 Å². The zero-order valence-corrected chi connectivity index (χ0v) is 28.5. The minimum atomic E-state index is -0.469. The summed E-state index contributed by atoms with van der Waals surface area (Å²) >= 11 is 6.83. The molecule has 0 radical (unpaired) electrons. The quantitative estimate of drug-likeness (QED) is 0.360. The molecule has 6 heterocycles. The molecule has 2 aromatic heterocycles. The number of carbonyl (C=O) groups excluding carboxylic acids is 1. The van der Waals surface area contributed by atoms with Crippen LogP contribution in [0.4, 0.5) is 10.2 Å². The molecule has 1 saturated carbocycles. The van der Waals surface area contributed by atoms with Gasteiger partial charge in [0.05, 0.1) is 42.0 Å². The minimum Gasteiger partial charge on any atom is -0.378 e. The van der Waals surface area contributed by atoms with Crippen molar-refractivity contribution in [1.29, 1.82) is 0 Å². The number of piperazine rings is 1. The number of aromatic amines is 1. The lowest BCUT2D eigenvalue weighted by Gasteiger charge is -2.58. The molecule has 3 aromatic rings. The van der Waals surface area contributed by atoms with Gasteiger partial charge >= 0.3 is 0 Å². The van der Waals surface area contributed by atoms with E-state index in [0.717, 1.165) is 114 Å². The van der Waals surface area contributed by atoms with Crippen LogP contribution >= 0.6 is 11.6 Å². The first-order valence-electron chi connectivity index (χ1n) is 17.2. The summed E-state index contributed by atoms with van der Waals surface area (Å²) in [7, 11) is 0. The van der Waals surface area contributed by atoms with E-state index in [0.29, 0.717) is 23.0 Å². The first kappa shape index (κ1) is 31.3. The number of fused-ring (bicyclic) bond motifs is 1. The number of nitrogens with zero attached hydrogens (tertiary/aromatic N) is 7. The average Bonchev–Trinajstić information content (AvgIpc) is 3.56. The number of benzene rings is 1. The Bertz CT molecular complexity index is 1690. The Morgan fingerprint density at radius 3 is 2.53 bits per heavy atom. The summed E-state index contributed by atoms with van der Waals surface area (Å²) in [6.45, 7) is 20.2. The lowest BCUT2D eigenvalue weighted by Crippen LogP contribution is -2.63. The molecule has 1 N–H and O–H groups in total. The molecule has 1 amide bonds. The molecule has 4 saturated heterocycles. The minimum absolute atomic E-state index is 0.000420. The van der Waals surface area contributed by atoms with Crippen LogP contribution in [0.1, 0.15) is 51.3 Å². The van der Waals surface area contributed by atoms with Gasteiger partial charge in [0.25, 0.3) is 0 Å². The fourth-order valence-electron chi connectivity index (χ4n) is 9.23. The lowest BCUT2D eigenvalue weighted by molar-refractivity contribution is -0.149. The highest BCUT2D eigenvalue weighted by Gasteiger charge is 2.55. The van der Waals surface area contributed by atoms with E-state index in [1.807, 2.05) is 4.90 Å². The topological polar surface area (TPSA) is 85.8 Å². The van der Waals surface area contributed by atoms with E-state index < -0.39 is 5.82 Å². The van der Waals surface area contributed by atoms with Gasteiger partial charge in [0.1, 0.15) is 5.82 Å². The molecule has 252 valence electrons. The number of nitrogens with one attached hydrogen (secondary N) is 1. The molecule has 5 aliphatic rings. The van der Waals surface area contributed by atoms with Gasteiger partial charge in [-0.05, 0) is 58.4 Å². The number of carbonyl (C=O) groups is 1. The summed E-state index contributed by atoms with van der Waals surface area (Å²) in [4.78, 5) is 21.7. The summed E-state index contributed by atoms with van der Waals surface area (Å²) in [5.41, 5.74) is 3.13. The Balaban J connectivity index is 1.07. The molecule has 1 aliphatic carbocycles. The van der Waals surface area contributed by atoms with Gasteiger partial charge in [-0.2, -0.15) is 10.2 Å². The van der Waals surface area contributed by atoms with Crippen LogP contribution in [-0.4, -0.2) is 118 Å². The van der Waals surface area contributed by atoms with Crippen molar-refractivity contribution in [2.75, 3.05) is 70.5 Å². The van der Waals surface area contributed by atoms with Crippen molar-refractivity contribution in [2.45, 2.75) is 64.1 Å². The van der Waals surface area contributed by atoms with Crippen molar-refractivity contribution in [3.05, 3.63) is 41.5 Å². The van der Waals surface area contributed by atoms with Gasteiger partial charge in [-0.3, -0.25) is 19.5 Å². The molecule has 1 spiro atoms. The van der Waals surface area contributed by atoms with Gasteiger partial charge in [-0.1, -0.05) is 18.2 Å². The van der Waals surface area contributed by atoms with Gasteiger partial charge in [0.2, 0.25) is 5.91 Å². The molecular weight excluding hydrogens is 619 g/mol. The smallest absolute Gasteiger partial charge is 0.245 e. The molecule has 10 nitrogen and oxygen atoms in total. The number of hydrogen-bond donors (Lipinski definition) is 1. The Labute approximate surface area is 280 Å². The predicted octanol–water partition coefficient (Wildman–Crippen LogP) is 4.89. The highest BCUT2D eigenvalue weighted by molar-refractivity contribution is 6.35. The van der Waals surface area contributed by atoms with Crippen molar-refractivity contribution in [3.63, 3.8) is 0 Å². The number of amides is 1. The van der Waals surface area contributed by atoms with Crippen molar-refractivity contribution < 1.29 is 13.9 Å². The van der Waals surface area contributed by atoms with Crippen LogP contribution in [0.2, 0.25) is 5.02 Å². The van der Waals surface area contributed by atoms with Crippen molar-refractivity contribution in [3.8, 4) is 11.1 Å². The maximum absolute atomic E-state index is 15.4. The number of likely N-dealkylation sites (tertiary alicyclic amines) is 1. The molecule has 5 fully saturated rings. The van der Waals surface area contributed by atoms with E-state index in [2.05, 4.69) is 56.9 Å². The average molecular weight is 665 g/mol. The number of halogens is 2. The molecule has 1 atom stereocenters. The lowest BCUT2D eigenvalue weighted by atomic mass is 9.60. The Kier molecular flexibility index (Phi) is 7.70. The highest BCUT2D eigenvalue weighted by Crippen LogP contribution is 2.56. The second-order valence-electron chi connectivity index (χ2n) is 15.4. The van der Waals surface area contributed by atoms with Crippen LogP contribution in [0.25, 0.3) is 22.0 Å². The maximum Gasteiger partial charge on any atom is 0.245 e. The van der Waals surface area contributed by atoms with Crippen molar-refractivity contribution in [1.82, 2.24) is 34.7 Å². The zero-order valence-electron chi connectivity index (χ0n) is 27.8. The fraction of sp³-hybridized carbons (Fsp3) is 0.629. The van der Waals surface area contributed by atoms with Crippen molar-refractivity contribution in [2.24, 2.45) is 11.3 Å². The SMILES string of the molecule is C=CC(=O)N1CC2(CC(n3nc(N4CC[C@@H](CN5CCN(C6COC6)CC5)CC4(C)C)c(-c4c(Cl)c(F)cc5[nH]ncc45)c3C)C2)C1. The van der Waals surface area contributed by atoms with Gasteiger partial charge < -0.3 is 19.4 Å². The molecule has 8 rings (SSSR count). The van der Waals surface area contributed by atoms with Crippen LogP contribution in [0.3, 0.4) is 0 Å². The maximum atomic E-state index is 15.4. The van der Waals surface area contributed by atoms with E-state index >= 15 is 4.39 Å². The predicted molar refractivity (Wildman–Crippen MR) is 181 cm³/mol. The third-order valence-corrected chi connectivity index (χ3v) is 12.2. The molecule has 0 bridgehead atoms. The first-order valence-corrected chi connectivity index (χ1v) is 17.6. The molecule has 4 aliphatic heterocycles. The number of aromatic nitrogens is 4. The van der Waals surface area contributed by atoms with E-state index in [1.165, 1.54) is 12.1 Å². The number of ether oxygens (including phenoxy) is 1. The second kappa shape index (κ2) is 11.6. The Morgan fingerprint density at radius 1 is 1.13 bits per heavy atom. The number of H-pyrrole nitrogens is 1. The van der Waals surface area contributed by atoms with E-state index in [1.54, 1.807) is 6.20 Å². The van der Waals surface area contributed by atoms with Crippen LogP contribution in [0.5, 0.6) is 0 Å². The van der Waals surface area contributed by atoms with Gasteiger partial charge in [-0.25, -0.2) is 4.39 Å². The summed E-state index contributed by atoms with van der Waals surface area (Å²) in [5.74, 6) is 0.996. The summed E-state index contributed by atoms with van der Waals surface area (Å²) < 4.78 is 22.9. The van der Waals surface area contributed by atoms with Crippen LogP contribution < -0.4 is 4.90 Å². The number of piperidine rings is 1. The zero-order chi connectivity index (χ0) is 32.7. The van der Waals surface area contributed by atoms with Crippen LogP contribution in [0.15, 0.2) is 24.9 Å². The molecular formula is C35H46ClFN8O2. The second-order valence-corrected chi connectivity index (χ2v) is 15.8. The molecule has 47 heavy (non-hydrogen) atoms. The third-order valence-electron chi connectivity index (χ3n) is 11.8. The monoisotopic (exact) mass is 664 g/mol. The summed E-state index contributed by atoms with van der Waals surface area (Å²) in [6, 6.07) is 2.24. The number of anilines is 1. The van der Waals surface area contributed by atoms with E-state index in [9.17, 15) is 4.79 Å². The van der Waals surface area contributed by atoms with Crippen molar-refractivity contribution >= 4 is 34.2 Å². The number of rotatable bonds is 7. The normalized spacial score (nSPS) is 25.2. The van der Waals surface area contributed by atoms with E-state index in [4.69, 9.17) is 21.4 Å². The van der Waals surface area contributed by atoms with Gasteiger partial charge in [0, 0.05) is 91.6 Å². The largest absolute Gasteiger partial charge is 0.378 e. The number of hydrogen-bond acceptors (Lipinski definition) is 7. The third kappa shape index (κ3) is 5.28. The molecule has 0 unspecified atom stereocenters. The Morgan fingerprint density at radius 2 is 1.87 bits per heavy atom. The van der Waals surface area contributed by atoms with Crippen LogP contribution in [-0.2, 0) is 9.53 Å². The first-order chi connectivity index (χ1) is 22.6. The standard InChI is InChI=1S/C35H46ClFN8O2/c1-5-29(46)43-20-35(21-43)14-24(15-35)45-22(2)30(31-26-16-38-39-28(26)12-27(37)32(31)36)33(40-45)44-7-6-23(13-34(44,3)4)17-41-8-10-42(11-9-41)25-18-47-19-25/h5,12,16,23-25H,1,6-11,13-15,17-21H2,2-4H3,(H,38,39)/t23-/m1/s1. The molecule has 12 heteroatoms. The van der Waals surface area contributed by atoms with Crippen LogP contribution in [0, 0.1) is 24.1 Å². The van der Waals surface area contributed by atoms with Gasteiger partial charge in [-0.15, -0.1) is 0 Å². The molecule has 1 aromatic carbocycles. The summed E-state index contributed by atoms with van der Waals surface area (Å²) in [6.07, 6.45) is 7.18. The summed E-state index contributed by atoms with van der Waals surface area (Å²) in [5, 5.41) is 13.5.